The van der Waals surface area contributed by atoms with Gasteiger partial charge in [0.15, 0.2) is 3.79 Å². The number of rotatable bonds is 9. The van der Waals surface area contributed by atoms with Crippen LogP contribution in [0.5, 0.6) is 0 Å². The van der Waals surface area contributed by atoms with Crippen molar-refractivity contribution in [1.29, 1.82) is 0 Å². The highest BCUT2D eigenvalue weighted by Crippen LogP contribution is 2.34. The fourth-order valence-electron chi connectivity index (χ4n) is 1.68. The van der Waals surface area contributed by atoms with Crippen LogP contribution in [0.2, 0.25) is 0 Å². The second kappa shape index (κ2) is 10.1. The first-order valence-electron chi connectivity index (χ1n) is 6.16. The summed E-state index contributed by atoms with van der Waals surface area (Å²) < 4.78 is -1.20. The summed E-state index contributed by atoms with van der Waals surface area (Å²) in [5, 5.41) is -0.0110. The minimum atomic E-state index is -1.20. The van der Waals surface area contributed by atoms with Crippen LogP contribution in [0.3, 0.4) is 0 Å². The Labute approximate surface area is 120 Å². The first-order chi connectivity index (χ1) is 7.45. The van der Waals surface area contributed by atoms with E-state index in [9.17, 15) is 0 Å². The largest absolute Gasteiger partial charge is 0.192 e. The molecule has 0 heterocycles. The number of hydrogen-bond donors (Lipinski definition) is 0. The third kappa shape index (κ3) is 13.2. The number of hydrogen-bond acceptors (Lipinski definition) is 0. The normalized spacial score (nSPS) is 14.1. The van der Waals surface area contributed by atoms with E-state index >= 15 is 0 Å². The Kier molecular flexibility index (Phi) is 10.9. The lowest BCUT2D eigenvalue weighted by Gasteiger charge is -2.15. The highest BCUT2D eigenvalue weighted by molar-refractivity contribution is 6.67. The highest BCUT2D eigenvalue weighted by Gasteiger charge is 2.23. The summed E-state index contributed by atoms with van der Waals surface area (Å²) >= 11 is 23.1. The van der Waals surface area contributed by atoms with Crippen LogP contribution in [-0.2, 0) is 0 Å². The first-order valence-corrected chi connectivity index (χ1v) is 7.73. The molecule has 0 amide bonds. The van der Waals surface area contributed by atoms with Crippen molar-refractivity contribution in [2.75, 3.05) is 0 Å². The molecule has 0 aromatic rings. The SMILES string of the molecule is CCCCCCCCC[C@@H](Cl)CC(Cl)(Cl)Cl. The molecule has 0 N–H and O–H groups in total. The van der Waals surface area contributed by atoms with Gasteiger partial charge in [0.25, 0.3) is 0 Å². The lowest BCUT2D eigenvalue weighted by molar-refractivity contribution is 0.561. The summed E-state index contributed by atoms with van der Waals surface area (Å²) in [5.74, 6) is 0. The van der Waals surface area contributed by atoms with Gasteiger partial charge in [0.1, 0.15) is 0 Å². The molecule has 0 bridgehead atoms. The van der Waals surface area contributed by atoms with Gasteiger partial charge in [-0.25, -0.2) is 0 Å². The van der Waals surface area contributed by atoms with E-state index in [4.69, 9.17) is 46.4 Å². The van der Waals surface area contributed by atoms with Crippen molar-refractivity contribution in [3.05, 3.63) is 0 Å². The number of alkyl halides is 4. The lowest BCUT2D eigenvalue weighted by Crippen LogP contribution is -2.11. The van der Waals surface area contributed by atoms with Gasteiger partial charge in [-0.3, -0.25) is 0 Å². The Morgan fingerprint density at radius 2 is 1.38 bits per heavy atom. The molecule has 0 aliphatic heterocycles. The molecule has 0 saturated heterocycles. The van der Waals surface area contributed by atoms with Crippen LogP contribution in [0.1, 0.15) is 64.7 Å². The molecule has 4 heteroatoms. The van der Waals surface area contributed by atoms with E-state index in [2.05, 4.69) is 6.92 Å². The van der Waals surface area contributed by atoms with Crippen molar-refractivity contribution >= 4 is 46.4 Å². The molecule has 0 radical (unpaired) electrons. The predicted molar refractivity (Wildman–Crippen MR) is 77.2 cm³/mol. The van der Waals surface area contributed by atoms with Crippen LogP contribution in [0.25, 0.3) is 0 Å². The van der Waals surface area contributed by atoms with Crippen LogP contribution in [0, 0.1) is 0 Å². The smallest absolute Gasteiger partial charge is 0.123 e. The maximum Gasteiger partial charge on any atom is 0.192 e. The minimum absolute atomic E-state index is 0.0110. The van der Waals surface area contributed by atoms with Crippen molar-refractivity contribution < 1.29 is 0 Å². The maximum atomic E-state index is 6.07. The highest BCUT2D eigenvalue weighted by atomic mass is 35.6. The zero-order valence-electron chi connectivity index (χ0n) is 9.95. The zero-order valence-corrected chi connectivity index (χ0v) is 13.0. The fraction of sp³-hybridized carbons (Fsp3) is 1.00. The van der Waals surface area contributed by atoms with Crippen molar-refractivity contribution in [1.82, 2.24) is 0 Å². The second-order valence-corrected chi connectivity index (χ2v) is 7.46. The molecule has 0 aromatic carbocycles. The van der Waals surface area contributed by atoms with E-state index < -0.39 is 3.79 Å². The van der Waals surface area contributed by atoms with Crippen LogP contribution < -0.4 is 0 Å². The molecule has 16 heavy (non-hydrogen) atoms. The Hall–Kier alpha value is 1.16. The minimum Gasteiger partial charge on any atom is -0.123 e. The molecule has 0 aliphatic carbocycles. The molecule has 98 valence electrons. The standard InChI is InChI=1S/C12H22Cl4/c1-2-3-4-5-6-7-8-9-11(13)10-12(14,15)16/h11H,2-10H2,1H3/t11-/m1/s1. The van der Waals surface area contributed by atoms with E-state index in [1.807, 2.05) is 0 Å². The molecule has 0 spiro atoms. The molecular formula is C12H22Cl4. The summed E-state index contributed by atoms with van der Waals surface area (Å²) in [4.78, 5) is 0. The quantitative estimate of drug-likeness (QED) is 0.337. The van der Waals surface area contributed by atoms with Gasteiger partial charge in [-0.2, -0.15) is 0 Å². The number of halogens is 4. The van der Waals surface area contributed by atoms with E-state index in [1.54, 1.807) is 0 Å². The molecule has 1 atom stereocenters. The Morgan fingerprint density at radius 3 is 1.88 bits per heavy atom. The summed E-state index contributed by atoms with van der Waals surface area (Å²) in [7, 11) is 0. The van der Waals surface area contributed by atoms with E-state index in [-0.39, 0.29) is 5.38 Å². The average molecular weight is 308 g/mol. The van der Waals surface area contributed by atoms with Crippen molar-refractivity contribution in [3.8, 4) is 0 Å². The lowest BCUT2D eigenvalue weighted by atomic mass is 10.1. The predicted octanol–water partition coefficient (Wildman–Crippen LogP) is 6.49. The third-order valence-electron chi connectivity index (χ3n) is 2.57. The van der Waals surface area contributed by atoms with Crippen molar-refractivity contribution in [2.24, 2.45) is 0 Å². The second-order valence-electron chi connectivity index (χ2n) is 4.33. The van der Waals surface area contributed by atoms with Gasteiger partial charge < -0.3 is 0 Å². The van der Waals surface area contributed by atoms with E-state index in [0.717, 1.165) is 12.8 Å². The van der Waals surface area contributed by atoms with Crippen LogP contribution in [0.4, 0.5) is 0 Å². The maximum absolute atomic E-state index is 6.07. The monoisotopic (exact) mass is 306 g/mol. The van der Waals surface area contributed by atoms with E-state index in [1.165, 1.54) is 38.5 Å². The summed E-state index contributed by atoms with van der Waals surface area (Å²) in [5.41, 5.74) is 0. The molecule has 0 aromatic heterocycles. The molecule has 0 fully saturated rings. The van der Waals surface area contributed by atoms with Crippen LogP contribution in [0.15, 0.2) is 0 Å². The Morgan fingerprint density at radius 1 is 0.875 bits per heavy atom. The van der Waals surface area contributed by atoms with Crippen molar-refractivity contribution in [3.63, 3.8) is 0 Å². The number of unbranched alkanes of at least 4 members (excludes halogenated alkanes) is 6. The third-order valence-corrected chi connectivity index (χ3v) is 3.41. The molecule has 0 rings (SSSR count). The van der Waals surface area contributed by atoms with Crippen LogP contribution in [-0.4, -0.2) is 9.17 Å². The van der Waals surface area contributed by atoms with Gasteiger partial charge in [-0.15, -0.1) is 11.6 Å². The first kappa shape index (κ1) is 17.2. The Bertz CT molecular complexity index is 154. The summed E-state index contributed by atoms with van der Waals surface area (Å²) in [6, 6.07) is 0. The van der Waals surface area contributed by atoms with Gasteiger partial charge in [0.2, 0.25) is 0 Å². The topological polar surface area (TPSA) is 0 Å². The van der Waals surface area contributed by atoms with Crippen molar-refractivity contribution in [2.45, 2.75) is 73.9 Å². The molecule has 0 nitrogen and oxygen atoms in total. The summed E-state index contributed by atoms with van der Waals surface area (Å²) in [6.07, 6.45) is 10.4. The fourth-order valence-corrected chi connectivity index (χ4v) is 2.86. The average Bonchev–Trinajstić information content (AvgIpc) is 2.13. The van der Waals surface area contributed by atoms with E-state index in [0.29, 0.717) is 6.42 Å². The van der Waals surface area contributed by atoms with Gasteiger partial charge in [-0.1, -0.05) is 86.7 Å². The van der Waals surface area contributed by atoms with Gasteiger partial charge in [0.05, 0.1) is 0 Å². The van der Waals surface area contributed by atoms with Gasteiger partial charge in [0, 0.05) is 11.8 Å². The zero-order chi connectivity index (χ0) is 12.4. The molecule has 0 saturated carbocycles. The summed E-state index contributed by atoms with van der Waals surface area (Å²) in [6.45, 7) is 2.23. The molecule has 0 aliphatic rings. The van der Waals surface area contributed by atoms with Gasteiger partial charge in [-0.05, 0) is 6.42 Å². The van der Waals surface area contributed by atoms with Crippen LogP contribution >= 0.6 is 46.4 Å². The molecular weight excluding hydrogens is 286 g/mol. The molecule has 0 unspecified atom stereocenters. The Balaban J connectivity index is 3.25. The van der Waals surface area contributed by atoms with Gasteiger partial charge >= 0.3 is 0 Å².